The third-order valence-electron chi connectivity index (χ3n) is 5.43. The summed E-state index contributed by atoms with van der Waals surface area (Å²) in [7, 11) is 3.05. The number of benzene rings is 3. The van der Waals surface area contributed by atoms with Crippen molar-refractivity contribution in [3.8, 4) is 23.0 Å². The van der Waals surface area contributed by atoms with E-state index < -0.39 is 17.8 Å². The van der Waals surface area contributed by atoms with Gasteiger partial charge in [0.2, 0.25) is 0 Å². The van der Waals surface area contributed by atoms with Gasteiger partial charge in [-0.25, -0.2) is 0 Å². The lowest BCUT2D eigenvalue weighted by Gasteiger charge is -2.25. The Hall–Kier alpha value is -4.47. The fraction of sp³-hybridized carbons (Fsp3) is 0.154. The molecule has 1 aromatic heterocycles. The molecule has 0 atom stereocenters. The number of anilines is 1. The molecule has 0 bridgehead atoms. The number of carbonyl (C=O) groups excluding carboxylic acids is 1. The first kappa shape index (κ1) is 24.6. The minimum Gasteiger partial charge on any atom is -0.530 e. The lowest BCUT2D eigenvalue weighted by Crippen LogP contribution is -2.40. The summed E-state index contributed by atoms with van der Waals surface area (Å²) in [6.45, 7) is -0.183. The average molecular weight is 497 g/mol. The molecule has 186 valence electrons. The highest BCUT2D eigenvalue weighted by Crippen LogP contribution is 2.37. The fourth-order valence-corrected chi connectivity index (χ4v) is 3.60. The van der Waals surface area contributed by atoms with Gasteiger partial charge in [-0.05, 0) is 54.1 Å². The monoisotopic (exact) mass is 497 g/mol. The molecule has 0 aliphatic rings. The van der Waals surface area contributed by atoms with Gasteiger partial charge in [0.25, 0.3) is 0 Å². The Kier molecular flexibility index (Phi) is 6.86. The van der Waals surface area contributed by atoms with Crippen molar-refractivity contribution in [3.05, 3.63) is 84.1 Å². The Bertz CT molecular complexity index is 1370. The first-order valence-corrected chi connectivity index (χ1v) is 10.6. The molecule has 0 fully saturated rings. The molecule has 0 N–H and O–H groups in total. The van der Waals surface area contributed by atoms with Crippen molar-refractivity contribution < 1.29 is 37.3 Å². The number of rotatable bonds is 7. The zero-order valence-corrected chi connectivity index (χ0v) is 19.2. The largest absolute Gasteiger partial charge is 0.530 e. The maximum atomic E-state index is 12.8. The van der Waals surface area contributed by atoms with E-state index in [1.54, 1.807) is 36.5 Å². The number of halogens is 3. The van der Waals surface area contributed by atoms with Crippen LogP contribution in [0.3, 0.4) is 0 Å². The number of fused-ring (bicyclic) bond motifs is 1. The van der Waals surface area contributed by atoms with Crippen LogP contribution in [-0.2, 0) is 12.7 Å². The van der Waals surface area contributed by atoms with Crippen LogP contribution in [0.5, 0.6) is 23.0 Å². The number of alkyl halides is 3. The zero-order valence-electron chi connectivity index (χ0n) is 19.2. The Labute approximate surface area is 204 Å². The summed E-state index contributed by atoms with van der Waals surface area (Å²) in [5, 5.41) is 12.4. The van der Waals surface area contributed by atoms with Crippen LogP contribution >= 0.6 is 0 Å². The number of ether oxygens (including phenoxy) is 3. The number of carboxylic acid groups (broad SMARTS) is 1. The lowest BCUT2D eigenvalue weighted by molar-refractivity contribution is -0.246. The third-order valence-corrected chi connectivity index (χ3v) is 5.43. The SMILES string of the molecule is COc1cc2nccc(Oc3ccc(N(Cc4ccc(C(F)(F)F)cc4)C(=O)[O-])cc3)c2cc1OC. The van der Waals surface area contributed by atoms with Crippen molar-refractivity contribution in [3.63, 3.8) is 0 Å². The molecule has 36 heavy (non-hydrogen) atoms. The second-order valence-corrected chi connectivity index (χ2v) is 7.68. The van der Waals surface area contributed by atoms with Crippen LogP contribution in [0, 0.1) is 0 Å². The van der Waals surface area contributed by atoms with Crippen LogP contribution in [0.4, 0.5) is 23.7 Å². The van der Waals surface area contributed by atoms with Crippen molar-refractivity contribution >= 4 is 22.7 Å². The van der Waals surface area contributed by atoms with Crippen molar-refractivity contribution in [1.29, 1.82) is 0 Å². The molecule has 0 saturated heterocycles. The number of pyridine rings is 1. The van der Waals surface area contributed by atoms with Gasteiger partial charge in [-0.2, -0.15) is 13.2 Å². The molecule has 0 spiro atoms. The molecule has 0 saturated carbocycles. The van der Waals surface area contributed by atoms with Crippen molar-refractivity contribution in [2.75, 3.05) is 19.1 Å². The molecule has 0 aliphatic heterocycles. The number of aromatic nitrogens is 1. The Morgan fingerprint density at radius 1 is 0.917 bits per heavy atom. The van der Waals surface area contributed by atoms with Crippen LogP contribution in [0.1, 0.15) is 11.1 Å². The van der Waals surface area contributed by atoms with Crippen molar-refractivity contribution in [2.24, 2.45) is 0 Å². The summed E-state index contributed by atoms with van der Waals surface area (Å²) in [4.78, 5) is 17.0. The van der Waals surface area contributed by atoms with Gasteiger partial charge in [0.05, 0.1) is 25.3 Å². The summed E-state index contributed by atoms with van der Waals surface area (Å²) < 4.78 is 55.0. The number of hydrogen-bond donors (Lipinski definition) is 0. The van der Waals surface area contributed by atoms with Gasteiger partial charge < -0.3 is 29.0 Å². The quantitative estimate of drug-likeness (QED) is 0.339. The van der Waals surface area contributed by atoms with Gasteiger partial charge in [0, 0.05) is 29.9 Å². The van der Waals surface area contributed by atoms with E-state index in [0.29, 0.717) is 39.5 Å². The summed E-state index contributed by atoms with van der Waals surface area (Å²) in [5.41, 5.74) is 0.460. The molecule has 10 heteroatoms. The summed E-state index contributed by atoms with van der Waals surface area (Å²) in [6.07, 6.45) is -4.38. The second-order valence-electron chi connectivity index (χ2n) is 7.68. The minimum atomic E-state index is -4.47. The van der Waals surface area contributed by atoms with Crippen LogP contribution in [0.2, 0.25) is 0 Å². The highest BCUT2D eigenvalue weighted by molar-refractivity contribution is 5.88. The maximum absolute atomic E-state index is 12.8. The highest BCUT2D eigenvalue weighted by atomic mass is 19.4. The molecule has 4 aromatic rings. The summed E-state index contributed by atoms with van der Waals surface area (Å²) >= 11 is 0. The maximum Gasteiger partial charge on any atom is 0.416 e. The normalized spacial score (nSPS) is 11.2. The molecule has 3 aromatic carbocycles. The van der Waals surface area contributed by atoms with E-state index in [1.807, 2.05) is 0 Å². The minimum absolute atomic E-state index is 0.183. The number of nitrogens with zero attached hydrogens (tertiary/aromatic N) is 2. The second kappa shape index (κ2) is 10.0. The molecule has 7 nitrogen and oxygen atoms in total. The topological polar surface area (TPSA) is 84.0 Å². The lowest BCUT2D eigenvalue weighted by atomic mass is 10.1. The standard InChI is InChI=1S/C26H21F3N2O5/c1-34-23-13-20-21(14-24(23)35-2)30-12-11-22(20)36-19-9-7-18(8-10-19)31(25(32)33)15-16-3-5-17(6-4-16)26(27,28)29/h3-14H,15H2,1-2H3,(H,32,33)/p-1. The Morgan fingerprint density at radius 3 is 2.14 bits per heavy atom. The Morgan fingerprint density at radius 2 is 1.56 bits per heavy atom. The predicted octanol–water partition coefficient (Wildman–Crippen LogP) is 5.41. The van der Waals surface area contributed by atoms with E-state index in [9.17, 15) is 23.1 Å². The van der Waals surface area contributed by atoms with Gasteiger partial charge in [-0.1, -0.05) is 12.1 Å². The summed E-state index contributed by atoms with van der Waals surface area (Å²) in [6, 6.07) is 15.6. The van der Waals surface area contributed by atoms with Crippen LogP contribution in [0.25, 0.3) is 10.9 Å². The third kappa shape index (κ3) is 5.27. The molecule has 1 amide bonds. The molecule has 0 radical (unpaired) electrons. The summed E-state index contributed by atoms with van der Waals surface area (Å²) in [5.74, 6) is 1.95. The number of carbonyl (C=O) groups is 1. The molecule has 1 heterocycles. The Balaban J connectivity index is 1.55. The predicted molar refractivity (Wildman–Crippen MR) is 124 cm³/mol. The molecule has 4 rings (SSSR count). The van der Waals surface area contributed by atoms with E-state index in [-0.39, 0.29) is 12.2 Å². The molecule has 0 aliphatic carbocycles. The van der Waals surface area contributed by atoms with Gasteiger partial charge in [-0.15, -0.1) is 0 Å². The molecular weight excluding hydrogens is 477 g/mol. The molecular formula is C26H20F3N2O5-. The van der Waals surface area contributed by atoms with Crippen molar-refractivity contribution in [2.45, 2.75) is 12.7 Å². The van der Waals surface area contributed by atoms with E-state index in [1.165, 1.54) is 38.5 Å². The fourth-order valence-electron chi connectivity index (χ4n) is 3.60. The van der Waals surface area contributed by atoms with Gasteiger partial charge in [0.15, 0.2) is 11.5 Å². The molecule has 0 unspecified atom stereocenters. The van der Waals surface area contributed by atoms with Gasteiger partial charge >= 0.3 is 6.18 Å². The van der Waals surface area contributed by atoms with E-state index in [0.717, 1.165) is 17.0 Å². The van der Waals surface area contributed by atoms with Gasteiger partial charge in [0.1, 0.15) is 17.6 Å². The number of hydrogen-bond acceptors (Lipinski definition) is 6. The van der Waals surface area contributed by atoms with Crippen molar-refractivity contribution in [1.82, 2.24) is 4.98 Å². The zero-order chi connectivity index (χ0) is 25.9. The number of amides is 1. The van der Waals surface area contributed by atoms with E-state index >= 15 is 0 Å². The smallest absolute Gasteiger partial charge is 0.416 e. The van der Waals surface area contributed by atoms with E-state index in [2.05, 4.69) is 4.98 Å². The van der Waals surface area contributed by atoms with Crippen LogP contribution in [-0.4, -0.2) is 25.3 Å². The van der Waals surface area contributed by atoms with E-state index in [4.69, 9.17) is 14.2 Å². The van der Waals surface area contributed by atoms with Gasteiger partial charge in [-0.3, -0.25) is 4.98 Å². The van der Waals surface area contributed by atoms with Crippen LogP contribution < -0.4 is 24.2 Å². The first-order chi connectivity index (χ1) is 17.2. The average Bonchev–Trinajstić information content (AvgIpc) is 2.87. The van der Waals surface area contributed by atoms with Crippen LogP contribution in [0.15, 0.2) is 72.9 Å². The number of methoxy groups -OCH3 is 2. The first-order valence-electron chi connectivity index (χ1n) is 10.6. The highest BCUT2D eigenvalue weighted by Gasteiger charge is 2.30.